The first-order valence-corrected chi connectivity index (χ1v) is 6.86. The van der Waals surface area contributed by atoms with Crippen molar-refractivity contribution in [2.24, 2.45) is 5.92 Å². The number of alkyl halides is 3. The Morgan fingerprint density at radius 1 is 1.25 bits per heavy atom. The third-order valence-corrected chi connectivity index (χ3v) is 4.12. The highest BCUT2D eigenvalue weighted by Crippen LogP contribution is 2.39. The minimum atomic E-state index is -4.58. The van der Waals surface area contributed by atoms with E-state index in [1.165, 1.54) is 0 Å². The van der Waals surface area contributed by atoms with Crippen LogP contribution in [0.3, 0.4) is 0 Å². The molecule has 1 heterocycles. The lowest BCUT2D eigenvalue weighted by Crippen LogP contribution is -2.54. The summed E-state index contributed by atoms with van der Waals surface area (Å²) in [5, 5.41) is 9.81. The standard InChI is InChI=1S/C15H20F3NO/c1-14(20,15(16,17)18)13-8-5-9-19(11-13)10-12-6-3-2-4-7-12/h2-4,6-7,13,20H,5,8-11H2,1H3. The molecule has 1 aliphatic rings. The third-order valence-electron chi connectivity index (χ3n) is 4.12. The van der Waals surface area contributed by atoms with Crippen molar-refractivity contribution in [3.63, 3.8) is 0 Å². The van der Waals surface area contributed by atoms with Gasteiger partial charge in [0.15, 0.2) is 5.60 Å². The first-order valence-electron chi connectivity index (χ1n) is 6.86. The second kappa shape index (κ2) is 5.74. The van der Waals surface area contributed by atoms with Crippen LogP contribution in [0.25, 0.3) is 0 Å². The molecule has 1 aromatic rings. The molecule has 0 radical (unpaired) electrons. The molecule has 5 heteroatoms. The lowest BCUT2D eigenvalue weighted by atomic mass is 9.82. The smallest absolute Gasteiger partial charge is 0.380 e. The fourth-order valence-electron chi connectivity index (χ4n) is 2.73. The summed E-state index contributed by atoms with van der Waals surface area (Å²) in [5.74, 6) is -0.764. The van der Waals surface area contributed by atoms with Gasteiger partial charge in [0, 0.05) is 19.0 Å². The molecule has 112 valence electrons. The fraction of sp³-hybridized carbons (Fsp3) is 0.600. The number of rotatable bonds is 3. The van der Waals surface area contributed by atoms with E-state index in [4.69, 9.17) is 0 Å². The van der Waals surface area contributed by atoms with E-state index in [2.05, 4.69) is 0 Å². The fourth-order valence-corrected chi connectivity index (χ4v) is 2.73. The molecule has 1 N–H and O–H groups in total. The first-order chi connectivity index (χ1) is 9.30. The molecule has 0 bridgehead atoms. The van der Waals surface area contributed by atoms with E-state index < -0.39 is 17.7 Å². The monoisotopic (exact) mass is 287 g/mol. The normalized spacial score (nSPS) is 24.4. The quantitative estimate of drug-likeness (QED) is 0.922. The number of halogens is 3. The number of nitrogens with zero attached hydrogens (tertiary/aromatic N) is 1. The summed E-state index contributed by atoms with van der Waals surface area (Å²) in [6, 6.07) is 9.68. The zero-order valence-electron chi connectivity index (χ0n) is 11.5. The molecule has 2 nitrogen and oxygen atoms in total. The van der Waals surface area contributed by atoms with Gasteiger partial charge in [0.25, 0.3) is 0 Å². The molecule has 1 saturated heterocycles. The lowest BCUT2D eigenvalue weighted by Gasteiger charge is -2.41. The number of likely N-dealkylation sites (tertiary alicyclic amines) is 1. The van der Waals surface area contributed by atoms with Crippen molar-refractivity contribution in [3.8, 4) is 0 Å². The van der Waals surface area contributed by atoms with Crippen LogP contribution in [0, 0.1) is 5.92 Å². The summed E-state index contributed by atoms with van der Waals surface area (Å²) in [5.41, 5.74) is -1.53. The van der Waals surface area contributed by atoms with E-state index in [9.17, 15) is 18.3 Å². The van der Waals surface area contributed by atoms with E-state index in [0.717, 1.165) is 19.0 Å². The molecule has 0 spiro atoms. The maximum absolute atomic E-state index is 12.9. The van der Waals surface area contributed by atoms with Crippen molar-refractivity contribution in [1.29, 1.82) is 0 Å². The Morgan fingerprint density at radius 2 is 1.90 bits per heavy atom. The van der Waals surface area contributed by atoms with Gasteiger partial charge in [0.05, 0.1) is 0 Å². The molecule has 2 atom stereocenters. The summed E-state index contributed by atoms with van der Waals surface area (Å²) in [6.07, 6.45) is -3.48. The zero-order chi connectivity index (χ0) is 14.8. The van der Waals surface area contributed by atoms with Gasteiger partial charge in [-0.15, -0.1) is 0 Å². The van der Waals surface area contributed by atoms with Crippen LogP contribution in [0.4, 0.5) is 13.2 Å². The summed E-state index contributed by atoms with van der Waals surface area (Å²) in [4.78, 5) is 1.99. The molecule has 20 heavy (non-hydrogen) atoms. The molecular formula is C15H20F3NO. The van der Waals surface area contributed by atoms with Crippen LogP contribution in [0.5, 0.6) is 0 Å². The summed E-state index contributed by atoms with van der Waals surface area (Å²) in [7, 11) is 0. The maximum Gasteiger partial charge on any atom is 0.417 e. The van der Waals surface area contributed by atoms with E-state index >= 15 is 0 Å². The second-order valence-electron chi connectivity index (χ2n) is 5.71. The molecule has 0 aliphatic carbocycles. The molecule has 0 aromatic heterocycles. The number of hydrogen-bond donors (Lipinski definition) is 1. The number of aliphatic hydroxyl groups is 1. The molecule has 1 aromatic carbocycles. The van der Waals surface area contributed by atoms with Crippen LogP contribution in [0.1, 0.15) is 25.3 Å². The SMILES string of the molecule is CC(O)(C1CCCN(Cc2ccccc2)C1)C(F)(F)F. The first kappa shape index (κ1) is 15.3. The predicted octanol–water partition coefficient (Wildman–Crippen LogP) is 3.21. The molecule has 0 saturated carbocycles. The highest BCUT2D eigenvalue weighted by molar-refractivity contribution is 5.14. The van der Waals surface area contributed by atoms with E-state index in [1.54, 1.807) is 0 Å². The van der Waals surface area contributed by atoms with Gasteiger partial charge in [-0.2, -0.15) is 13.2 Å². The van der Waals surface area contributed by atoms with E-state index in [0.29, 0.717) is 19.4 Å². The van der Waals surface area contributed by atoms with Crippen molar-refractivity contribution < 1.29 is 18.3 Å². The number of piperidine rings is 1. The van der Waals surface area contributed by atoms with Crippen molar-refractivity contribution in [2.75, 3.05) is 13.1 Å². The molecule has 2 rings (SSSR count). The van der Waals surface area contributed by atoms with Crippen molar-refractivity contribution in [3.05, 3.63) is 35.9 Å². The van der Waals surface area contributed by atoms with Gasteiger partial charge in [-0.05, 0) is 31.9 Å². The molecular weight excluding hydrogens is 267 g/mol. The van der Waals surface area contributed by atoms with Gasteiger partial charge in [-0.3, -0.25) is 4.90 Å². The minimum absolute atomic E-state index is 0.279. The van der Waals surface area contributed by atoms with Gasteiger partial charge in [0.1, 0.15) is 0 Å². The van der Waals surface area contributed by atoms with Crippen LogP contribution in [-0.4, -0.2) is 34.9 Å². The summed E-state index contributed by atoms with van der Waals surface area (Å²) >= 11 is 0. The third kappa shape index (κ3) is 3.33. The Labute approximate surface area is 117 Å². The Balaban J connectivity index is 2.02. The van der Waals surface area contributed by atoms with Crippen LogP contribution < -0.4 is 0 Å². The van der Waals surface area contributed by atoms with Crippen LogP contribution in [0.15, 0.2) is 30.3 Å². The largest absolute Gasteiger partial charge is 0.417 e. The highest BCUT2D eigenvalue weighted by Gasteiger charge is 2.55. The number of hydrogen-bond acceptors (Lipinski definition) is 2. The Hall–Kier alpha value is -1.07. The van der Waals surface area contributed by atoms with Crippen molar-refractivity contribution in [2.45, 2.75) is 38.1 Å². The predicted molar refractivity (Wildman–Crippen MR) is 71.1 cm³/mol. The Morgan fingerprint density at radius 3 is 2.50 bits per heavy atom. The zero-order valence-corrected chi connectivity index (χ0v) is 11.5. The van der Waals surface area contributed by atoms with Gasteiger partial charge in [0.2, 0.25) is 0 Å². The molecule has 1 aliphatic heterocycles. The van der Waals surface area contributed by atoms with Crippen LogP contribution in [-0.2, 0) is 6.54 Å². The van der Waals surface area contributed by atoms with E-state index in [-0.39, 0.29) is 6.54 Å². The topological polar surface area (TPSA) is 23.5 Å². The van der Waals surface area contributed by atoms with Crippen molar-refractivity contribution >= 4 is 0 Å². The lowest BCUT2D eigenvalue weighted by molar-refractivity contribution is -0.276. The molecule has 2 unspecified atom stereocenters. The highest BCUT2D eigenvalue weighted by atomic mass is 19.4. The van der Waals surface area contributed by atoms with E-state index in [1.807, 2.05) is 35.2 Å². The Bertz CT molecular complexity index is 430. The van der Waals surface area contributed by atoms with Gasteiger partial charge in [-0.25, -0.2) is 0 Å². The van der Waals surface area contributed by atoms with Crippen molar-refractivity contribution in [1.82, 2.24) is 4.90 Å². The maximum atomic E-state index is 12.9. The summed E-state index contributed by atoms with van der Waals surface area (Å²) in [6.45, 7) is 2.58. The van der Waals surface area contributed by atoms with Gasteiger partial charge >= 0.3 is 6.18 Å². The number of benzene rings is 1. The summed E-state index contributed by atoms with van der Waals surface area (Å²) < 4.78 is 38.7. The average Bonchev–Trinajstić information content (AvgIpc) is 2.39. The van der Waals surface area contributed by atoms with Crippen LogP contribution >= 0.6 is 0 Å². The van der Waals surface area contributed by atoms with Gasteiger partial charge < -0.3 is 5.11 Å². The Kier molecular flexibility index (Phi) is 4.39. The second-order valence-corrected chi connectivity index (χ2v) is 5.71. The molecule has 0 amide bonds. The van der Waals surface area contributed by atoms with Gasteiger partial charge in [-0.1, -0.05) is 30.3 Å². The van der Waals surface area contributed by atoms with Crippen LogP contribution in [0.2, 0.25) is 0 Å². The average molecular weight is 287 g/mol. The molecule has 1 fully saturated rings. The minimum Gasteiger partial charge on any atom is -0.380 e.